The van der Waals surface area contributed by atoms with Crippen molar-refractivity contribution in [2.24, 2.45) is 0 Å². The zero-order valence-electron chi connectivity index (χ0n) is 13.9. The van der Waals surface area contributed by atoms with Crippen LogP contribution in [0.4, 0.5) is 30.5 Å². The van der Waals surface area contributed by atoms with Crippen molar-refractivity contribution in [3.63, 3.8) is 0 Å². The van der Waals surface area contributed by atoms with Gasteiger partial charge in [-0.15, -0.1) is 0 Å². The molecule has 3 aromatic rings. The normalized spacial score (nSPS) is 10.6. The maximum Gasteiger partial charge on any atom is 0.274 e. The number of anilines is 3. The lowest BCUT2D eigenvalue weighted by Crippen LogP contribution is -2.15. The van der Waals surface area contributed by atoms with Crippen molar-refractivity contribution in [1.82, 2.24) is 9.97 Å². The predicted octanol–water partition coefficient (Wildman–Crippen LogP) is 4.85. The Balaban J connectivity index is 1.82. The molecule has 2 aromatic carbocycles. The molecule has 1 amide bonds. The summed E-state index contributed by atoms with van der Waals surface area (Å²) < 4.78 is 39.5. The molecule has 0 aliphatic carbocycles. The number of rotatable bonds is 4. The first kappa shape index (κ1) is 18.7. The van der Waals surface area contributed by atoms with E-state index in [0.29, 0.717) is 5.69 Å². The van der Waals surface area contributed by atoms with Crippen molar-refractivity contribution in [3.05, 3.63) is 76.3 Å². The van der Waals surface area contributed by atoms with Crippen LogP contribution in [-0.4, -0.2) is 15.9 Å². The highest BCUT2D eigenvalue weighted by Gasteiger charge is 2.13. The molecule has 2 N–H and O–H groups in total. The van der Waals surface area contributed by atoms with Gasteiger partial charge < -0.3 is 10.6 Å². The Morgan fingerprint density at radius 2 is 1.63 bits per heavy atom. The molecule has 0 atom stereocenters. The third kappa shape index (κ3) is 4.53. The van der Waals surface area contributed by atoms with Crippen LogP contribution in [0.3, 0.4) is 0 Å². The number of aromatic nitrogens is 2. The van der Waals surface area contributed by atoms with E-state index in [-0.39, 0.29) is 28.0 Å². The Hall–Kier alpha value is -3.13. The van der Waals surface area contributed by atoms with E-state index in [2.05, 4.69) is 20.6 Å². The molecule has 138 valence electrons. The fourth-order valence-electron chi connectivity index (χ4n) is 2.21. The van der Waals surface area contributed by atoms with Gasteiger partial charge in [-0.1, -0.05) is 11.6 Å². The van der Waals surface area contributed by atoms with Gasteiger partial charge in [0.25, 0.3) is 5.91 Å². The minimum Gasteiger partial charge on any atom is -0.324 e. The van der Waals surface area contributed by atoms with Crippen molar-refractivity contribution in [2.45, 2.75) is 6.92 Å². The van der Waals surface area contributed by atoms with Gasteiger partial charge in [-0.05, 0) is 43.3 Å². The standard InChI is InChI=1S/C18H12ClF3N4O/c1-9-6-16(17(27)24-10-2-4-13(20)12(19)7-10)26-18(23-9)25-11-3-5-14(21)15(22)8-11/h2-8H,1H3,(H,24,27)(H,23,25,26). The van der Waals surface area contributed by atoms with Gasteiger partial charge in [0, 0.05) is 23.1 Å². The van der Waals surface area contributed by atoms with Crippen molar-refractivity contribution in [3.8, 4) is 0 Å². The highest BCUT2D eigenvalue weighted by atomic mass is 35.5. The maximum atomic E-state index is 13.3. The minimum absolute atomic E-state index is 0.0213. The van der Waals surface area contributed by atoms with Crippen LogP contribution in [0.1, 0.15) is 16.2 Å². The molecule has 9 heteroatoms. The van der Waals surface area contributed by atoms with Gasteiger partial charge in [0.1, 0.15) is 11.5 Å². The SMILES string of the molecule is Cc1cc(C(=O)Nc2ccc(F)c(Cl)c2)nc(Nc2ccc(F)c(F)c2)n1. The maximum absolute atomic E-state index is 13.3. The first-order chi connectivity index (χ1) is 12.8. The predicted molar refractivity (Wildman–Crippen MR) is 95.8 cm³/mol. The number of hydrogen-bond donors (Lipinski definition) is 2. The second-order valence-corrected chi connectivity index (χ2v) is 5.96. The first-order valence-electron chi connectivity index (χ1n) is 7.66. The molecular weight excluding hydrogens is 381 g/mol. The average molecular weight is 393 g/mol. The van der Waals surface area contributed by atoms with Gasteiger partial charge in [0.15, 0.2) is 11.6 Å². The van der Waals surface area contributed by atoms with Crippen molar-refractivity contribution in [1.29, 1.82) is 0 Å². The molecule has 3 rings (SSSR count). The van der Waals surface area contributed by atoms with Gasteiger partial charge >= 0.3 is 0 Å². The van der Waals surface area contributed by atoms with Crippen LogP contribution in [0.5, 0.6) is 0 Å². The van der Waals surface area contributed by atoms with Gasteiger partial charge in [0.05, 0.1) is 5.02 Å². The average Bonchev–Trinajstić information content (AvgIpc) is 2.61. The highest BCUT2D eigenvalue weighted by molar-refractivity contribution is 6.31. The van der Waals surface area contributed by atoms with Gasteiger partial charge in [-0.2, -0.15) is 0 Å². The lowest BCUT2D eigenvalue weighted by Gasteiger charge is -2.09. The second kappa shape index (κ2) is 7.63. The van der Waals surface area contributed by atoms with Crippen molar-refractivity contribution in [2.75, 3.05) is 10.6 Å². The molecule has 0 radical (unpaired) electrons. The van der Waals surface area contributed by atoms with E-state index < -0.39 is 23.4 Å². The van der Waals surface area contributed by atoms with E-state index in [9.17, 15) is 18.0 Å². The van der Waals surface area contributed by atoms with Crippen LogP contribution in [0.15, 0.2) is 42.5 Å². The summed E-state index contributed by atoms with van der Waals surface area (Å²) in [5.74, 6) is -3.16. The number of benzene rings is 2. The van der Waals surface area contributed by atoms with Crippen LogP contribution in [0.25, 0.3) is 0 Å². The summed E-state index contributed by atoms with van der Waals surface area (Å²) in [6.07, 6.45) is 0. The number of carbonyl (C=O) groups is 1. The molecule has 27 heavy (non-hydrogen) atoms. The topological polar surface area (TPSA) is 66.9 Å². The molecule has 0 bridgehead atoms. The van der Waals surface area contributed by atoms with Gasteiger partial charge in [0.2, 0.25) is 5.95 Å². The largest absolute Gasteiger partial charge is 0.324 e. The van der Waals surface area contributed by atoms with Gasteiger partial charge in [-0.3, -0.25) is 4.79 Å². The van der Waals surface area contributed by atoms with Gasteiger partial charge in [-0.25, -0.2) is 23.1 Å². The third-order valence-electron chi connectivity index (χ3n) is 3.44. The quantitative estimate of drug-likeness (QED) is 0.666. The number of aryl methyl sites for hydroxylation is 1. The molecule has 0 spiro atoms. The van der Waals surface area contributed by atoms with Crippen LogP contribution < -0.4 is 10.6 Å². The fourth-order valence-corrected chi connectivity index (χ4v) is 2.39. The zero-order chi connectivity index (χ0) is 19.6. The Morgan fingerprint density at radius 3 is 2.33 bits per heavy atom. The molecule has 0 saturated heterocycles. The Morgan fingerprint density at radius 1 is 0.926 bits per heavy atom. The summed E-state index contributed by atoms with van der Waals surface area (Å²) >= 11 is 5.69. The van der Waals surface area contributed by atoms with Crippen molar-refractivity contribution >= 4 is 34.8 Å². The lowest BCUT2D eigenvalue weighted by molar-refractivity contribution is 0.102. The van der Waals surface area contributed by atoms with E-state index in [1.807, 2.05) is 0 Å². The number of nitrogens with zero attached hydrogens (tertiary/aromatic N) is 2. The van der Waals surface area contributed by atoms with Crippen LogP contribution in [0, 0.1) is 24.4 Å². The molecule has 0 aliphatic heterocycles. The summed E-state index contributed by atoms with van der Waals surface area (Å²) in [5, 5.41) is 5.12. The smallest absolute Gasteiger partial charge is 0.274 e. The fraction of sp³-hybridized carbons (Fsp3) is 0.0556. The van der Waals surface area contributed by atoms with E-state index in [4.69, 9.17) is 11.6 Å². The number of hydrogen-bond acceptors (Lipinski definition) is 4. The molecule has 1 heterocycles. The molecule has 0 saturated carbocycles. The summed E-state index contributed by atoms with van der Waals surface area (Å²) in [5.41, 5.74) is 0.999. The van der Waals surface area contributed by atoms with Crippen LogP contribution >= 0.6 is 11.6 Å². The monoisotopic (exact) mass is 392 g/mol. The zero-order valence-corrected chi connectivity index (χ0v) is 14.6. The van der Waals surface area contributed by atoms with Crippen molar-refractivity contribution < 1.29 is 18.0 Å². The van der Waals surface area contributed by atoms with E-state index in [1.54, 1.807) is 6.92 Å². The number of amides is 1. The number of halogens is 4. The molecule has 5 nitrogen and oxygen atoms in total. The molecule has 0 fully saturated rings. The van der Waals surface area contributed by atoms with E-state index in [0.717, 1.165) is 18.2 Å². The summed E-state index contributed by atoms with van der Waals surface area (Å²) in [6, 6.07) is 8.40. The first-order valence-corrected chi connectivity index (χ1v) is 8.04. The third-order valence-corrected chi connectivity index (χ3v) is 3.73. The Kier molecular flexibility index (Phi) is 5.27. The van der Waals surface area contributed by atoms with E-state index in [1.165, 1.54) is 24.3 Å². The molecule has 1 aromatic heterocycles. The summed E-state index contributed by atoms with van der Waals surface area (Å²) in [7, 11) is 0. The Labute approximate surface area is 157 Å². The summed E-state index contributed by atoms with van der Waals surface area (Å²) in [4.78, 5) is 20.6. The molecule has 0 aliphatic rings. The Bertz CT molecular complexity index is 1030. The van der Waals surface area contributed by atoms with Crippen LogP contribution in [0.2, 0.25) is 5.02 Å². The number of nitrogens with one attached hydrogen (secondary N) is 2. The second-order valence-electron chi connectivity index (χ2n) is 5.56. The molecule has 0 unspecified atom stereocenters. The van der Waals surface area contributed by atoms with Crippen LogP contribution in [-0.2, 0) is 0 Å². The number of carbonyl (C=O) groups excluding carboxylic acids is 1. The lowest BCUT2D eigenvalue weighted by atomic mass is 10.2. The highest BCUT2D eigenvalue weighted by Crippen LogP contribution is 2.21. The van der Waals surface area contributed by atoms with E-state index >= 15 is 0 Å². The minimum atomic E-state index is -1.03. The summed E-state index contributed by atoms with van der Waals surface area (Å²) in [6.45, 7) is 1.64. The molecular formula is C18H12ClF3N4O.